The third kappa shape index (κ3) is 4.05. The quantitative estimate of drug-likeness (QED) is 0.828. The molecule has 0 bridgehead atoms. The molecule has 18 heavy (non-hydrogen) atoms. The van der Waals surface area contributed by atoms with Crippen molar-refractivity contribution in [2.24, 2.45) is 0 Å². The van der Waals surface area contributed by atoms with Crippen molar-refractivity contribution < 1.29 is 14.3 Å². The van der Waals surface area contributed by atoms with Gasteiger partial charge in [-0.25, -0.2) is 0 Å². The van der Waals surface area contributed by atoms with E-state index in [2.05, 4.69) is 10.1 Å². The van der Waals surface area contributed by atoms with Crippen LogP contribution in [0.1, 0.15) is 24.5 Å². The second-order valence-electron chi connectivity index (χ2n) is 3.89. The van der Waals surface area contributed by atoms with Crippen LogP contribution in [-0.4, -0.2) is 19.0 Å². The van der Waals surface area contributed by atoms with Gasteiger partial charge in [-0.3, -0.25) is 9.59 Å². The second-order valence-corrected chi connectivity index (χ2v) is 3.89. The Morgan fingerprint density at radius 3 is 2.56 bits per heavy atom. The van der Waals surface area contributed by atoms with Gasteiger partial charge in [-0.1, -0.05) is 24.3 Å². The van der Waals surface area contributed by atoms with E-state index in [1.165, 1.54) is 14.0 Å². The number of carbonyl (C=O) groups excluding carboxylic acids is 2. The maximum absolute atomic E-state index is 11.2. The summed E-state index contributed by atoms with van der Waals surface area (Å²) in [6, 6.07) is 7.65. The van der Waals surface area contributed by atoms with Crippen molar-refractivity contribution in [1.82, 2.24) is 5.32 Å². The summed E-state index contributed by atoms with van der Waals surface area (Å²) in [7, 11) is 1.34. The van der Waals surface area contributed by atoms with Crippen LogP contribution in [0.3, 0.4) is 0 Å². The van der Waals surface area contributed by atoms with Gasteiger partial charge in [0.2, 0.25) is 5.91 Å². The number of hydrogen-bond acceptors (Lipinski definition) is 3. The molecule has 0 unspecified atom stereocenters. The molecule has 0 radical (unpaired) electrons. The first-order valence-electron chi connectivity index (χ1n) is 5.65. The van der Waals surface area contributed by atoms with Crippen LogP contribution in [0.4, 0.5) is 0 Å². The maximum Gasteiger partial charge on any atom is 0.309 e. The molecule has 0 spiro atoms. The molecule has 96 valence electrons. The smallest absolute Gasteiger partial charge is 0.309 e. The molecule has 0 saturated carbocycles. The lowest BCUT2D eigenvalue weighted by molar-refractivity contribution is -0.139. The molecule has 0 aliphatic heterocycles. The van der Waals surface area contributed by atoms with Gasteiger partial charge in [-0.05, 0) is 18.6 Å². The minimum absolute atomic E-state index is 0.125. The summed E-state index contributed by atoms with van der Waals surface area (Å²) in [6.07, 6.45) is 1.79. The van der Waals surface area contributed by atoms with Gasteiger partial charge in [0.15, 0.2) is 0 Å². The predicted octanol–water partition coefficient (Wildman–Crippen LogP) is 2.04. The van der Waals surface area contributed by atoms with Gasteiger partial charge in [0.05, 0.1) is 13.5 Å². The van der Waals surface area contributed by atoms with E-state index in [9.17, 15) is 9.59 Å². The number of carbonyl (C=O) groups is 2. The number of aryl methyl sites for hydroxylation is 1. The van der Waals surface area contributed by atoms with Crippen LogP contribution in [-0.2, 0) is 14.3 Å². The fourth-order valence-electron chi connectivity index (χ4n) is 1.56. The van der Waals surface area contributed by atoms with Crippen molar-refractivity contribution in [3.05, 3.63) is 41.5 Å². The molecule has 4 nitrogen and oxygen atoms in total. The number of methoxy groups -OCH3 is 1. The van der Waals surface area contributed by atoms with E-state index >= 15 is 0 Å². The normalized spacial score (nSPS) is 10.9. The standard InChI is InChI=1S/C14H17NO3/c1-10-6-4-5-7-12(10)13(15-11(2)16)8-9-14(17)18-3/h4-8H,9H2,1-3H3,(H,15,16). The molecule has 0 saturated heterocycles. The predicted molar refractivity (Wildman–Crippen MR) is 69.6 cm³/mol. The first kappa shape index (κ1) is 14.0. The van der Waals surface area contributed by atoms with Crippen molar-refractivity contribution in [3.63, 3.8) is 0 Å². The highest BCUT2D eigenvalue weighted by atomic mass is 16.5. The van der Waals surface area contributed by atoms with Gasteiger partial charge >= 0.3 is 5.97 Å². The minimum atomic E-state index is -0.341. The molecular formula is C14H17NO3. The maximum atomic E-state index is 11.2. The first-order chi connectivity index (χ1) is 8.54. The highest BCUT2D eigenvalue weighted by molar-refractivity contribution is 5.86. The van der Waals surface area contributed by atoms with Crippen molar-refractivity contribution >= 4 is 17.6 Å². The summed E-state index contributed by atoms with van der Waals surface area (Å²) < 4.78 is 4.58. The Morgan fingerprint density at radius 2 is 2.00 bits per heavy atom. The number of ether oxygens (including phenoxy) is 1. The zero-order chi connectivity index (χ0) is 13.5. The zero-order valence-corrected chi connectivity index (χ0v) is 10.8. The highest BCUT2D eigenvalue weighted by Crippen LogP contribution is 2.17. The molecule has 4 heteroatoms. The number of hydrogen-bond donors (Lipinski definition) is 1. The number of benzene rings is 1. The van der Waals surface area contributed by atoms with Crippen LogP contribution in [0.25, 0.3) is 5.70 Å². The SMILES string of the molecule is COC(=O)CC=C(NC(C)=O)c1ccccc1C. The molecule has 0 fully saturated rings. The molecule has 0 atom stereocenters. The Morgan fingerprint density at radius 1 is 1.33 bits per heavy atom. The molecule has 1 rings (SSSR count). The monoisotopic (exact) mass is 247 g/mol. The third-order valence-corrected chi connectivity index (χ3v) is 2.45. The van der Waals surface area contributed by atoms with E-state index in [0.717, 1.165) is 11.1 Å². The second kappa shape index (κ2) is 6.59. The van der Waals surface area contributed by atoms with E-state index in [0.29, 0.717) is 5.70 Å². The molecule has 1 N–H and O–H groups in total. The Balaban J connectivity index is 3.02. The van der Waals surface area contributed by atoms with Crippen molar-refractivity contribution in [2.75, 3.05) is 7.11 Å². The van der Waals surface area contributed by atoms with Crippen molar-refractivity contribution in [2.45, 2.75) is 20.3 Å². The highest BCUT2D eigenvalue weighted by Gasteiger charge is 2.07. The summed E-state index contributed by atoms with van der Waals surface area (Å²) in [5, 5.41) is 2.73. The average Bonchev–Trinajstić information content (AvgIpc) is 2.34. The lowest BCUT2D eigenvalue weighted by Crippen LogP contribution is -2.19. The largest absolute Gasteiger partial charge is 0.469 e. The molecule has 0 aliphatic rings. The van der Waals surface area contributed by atoms with E-state index < -0.39 is 0 Å². The zero-order valence-electron chi connectivity index (χ0n) is 10.8. The summed E-state index contributed by atoms with van der Waals surface area (Å²) >= 11 is 0. The lowest BCUT2D eigenvalue weighted by atomic mass is 10.0. The van der Waals surface area contributed by atoms with Gasteiger partial charge in [0, 0.05) is 18.2 Å². The van der Waals surface area contributed by atoms with Gasteiger partial charge in [0.25, 0.3) is 0 Å². The number of nitrogens with one attached hydrogen (secondary N) is 1. The molecule has 0 aliphatic carbocycles. The van der Waals surface area contributed by atoms with E-state index in [1.807, 2.05) is 31.2 Å². The van der Waals surface area contributed by atoms with Crippen LogP contribution in [0.2, 0.25) is 0 Å². The Kier molecular flexibility index (Phi) is 5.11. The summed E-state index contributed by atoms with van der Waals surface area (Å²) in [5.74, 6) is -0.513. The fourth-order valence-corrected chi connectivity index (χ4v) is 1.56. The van der Waals surface area contributed by atoms with Crippen LogP contribution < -0.4 is 5.32 Å². The first-order valence-corrected chi connectivity index (χ1v) is 5.65. The molecule has 0 heterocycles. The topological polar surface area (TPSA) is 55.4 Å². The molecule has 1 aromatic rings. The van der Waals surface area contributed by atoms with Gasteiger partial charge in [-0.15, -0.1) is 0 Å². The van der Waals surface area contributed by atoms with Gasteiger partial charge < -0.3 is 10.1 Å². The Bertz CT molecular complexity index is 478. The fraction of sp³-hybridized carbons (Fsp3) is 0.286. The van der Waals surface area contributed by atoms with Crippen LogP contribution in [0.5, 0.6) is 0 Å². The molecular weight excluding hydrogens is 230 g/mol. The van der Waals surface area contributed by atoms with Crippen LogP contribution in [0.15, 0.2) is 30.3 Å². The van der Waals surface area contributed by atoms with E-state index in [4.69, 9.17) is 0 Å². The molecule has 1 amide bonds. The van der Waals surface area contributed by atoms with Crippen LogP contribution >= 0.6 is 0 Å². The van der Waals surface area contributed by atoms with Crippen molar-refractivity contribution in [1.29, 1.82) is 0 Å². The van der Waals surface area contributed by atoms with Gasteiger partial charge in [0.1, 0.15) is 0 Å². The molecule has 1 aromatic carbocycles. The minimum Gasteiger partial charge on any atom is -0.469 e. The van der Waals surface area contributed by atoms with E-state index in [1.54, 1.807) is 6.08 Å². The molecule has 0 aromatic heterocycles. The number of amides is 1. The van der Waals surface area contributed by atoms with E-state index in [-0.39, 0.29) is 18.3 Å². The summed E-state index contributed by atoms with van der Waals surface area (Å²) in [4.78, 5) is 22.3. The number of esters is 1. The summed E-state index contributed by atoms with van der Waals surface area (Å²) in [6.45, 7) is 3.38. The Labute approximate surface area is 107 Å². The lowest BCUT2D eigenvalue weighted by Gasteiger charge is -2.11. The average molecular weight is 247 g/mol. The number of rotatable bonds is 4. The van der Waals surface area contributed by atoms with Crippen LogP contribution in [0, 0.1) is 6.92 Å². The third-order valence-electron chi connectivity index (χ3n) is 2.45. The van der Waals surface area contributed by atoms with Gasteiger partial charge in [-0.2, -0.15) is 0 Å². The van der Waals surface area contributed by atoms with Crippen molar-refractivity contribution in [3.8, 4) is 0 Å². The Hall–Kier alpha value is -2.10. The summed E-state index contributed by atoms with van der Waals surface area (Å²) in [5.41, 5.74) is 2.56.